The fraction of sp³-hybridized carbons (Fsp3) is 0.200. The van der Waals surface area contributed by atoms with Crippen molar-refractivity contribution in [2.75, 3.05) is 13.2 Å². The molecule has 0 atom stereocenters. The van der Waals surface area contributed by atoms with E-state index in [9.17, 15) is 9.59 Å². The van der Waals surface area contributed by atoms with Gasteiger partial charge in [0.2, 0.25) is 0 Å². The maximum Gasteiger partial charge on any atom is 0.274 e. The molecule has 0 saturated carbocycles. The molecule has 2 aromatic carbocycles. The second-order valence-corrected chi connectivity index (χ2v) is 7.16. The summed E-state index contributed by atoms with van der Waals surface area (Å²) in [7, 11) is 0. The minimum atomic E-state index is -0.569. The SMILES string of the molecule is Cc1ccc2sc(C(=O)NCCCOc3ccc(C(=O)NO)cc3)cc2c1. The van der Waals surface area contributed by atoms with Crippen molar-refractivity contribution in [3.63, 3.8) is 0 Å². The van der Waals surface area contributed by atoms with Gasteiger partial charge in [0.25, 0.3) is 11.8 Å². The quantitative estimate of drug-likeness (QED) is 0.330. The summed E-state index contributed by atoms with van der Waals surface area (Å²) in [6.45, 7) is 2.99. The molecule has 0 aliphatic heterocycles. The highest BCUT2D eigenvalue weighted by molar-refractivity contribution is 7.20. The third-order valence-electron chi connectivity index (χ3n) is 3.99. The summed E-state index contributed by atoms with van der Waals surface area (Å²) in [5.74, 6) is -0.0235. The number of fused-ring (bicyclic) bond motifs is 1. The van der Waals surface area contributed by atoms with Gasteiger partial charge in [0.05, 0.1) is 11.5 Å². The van der Waals surface area contributed by atoms with Gasteiger partial charge in [-0.1, -0.05) is 17.7 Å². The lowest BCUT2D eigenvalue weighted by molar-refractivity contribution is 0.0706. The first-order valence-electron chi connectivity index (χ1n) is 8.52. The average Bonchev–Trinajstić information content (AvgIpc) is 3.10. The molecule has 3 aromatic rings. The zero-order chi connectivity index (χ0) is 19.2. The van der Waals surface area contributed by atoms with Gasteiger partial charge in [-0.05, 0) is 55.1 Å². The molecule has 0 fully saturated rings. The van der Waals surface area contributed by atoms with Crippen molar-refractivity contribution in [3.05, 3.63) is 64.5 Å². The molecular weight excluding hydrogens is 364 g/mol. The van der Waals surface area contributed by atoms with Gasteiger partial charge >= 0.3 is 0 Å². The highest BCUT2D eigenvalue weighted by atomic mass is 32.1. The van der Waals surface area contributed by atoms with Gasteiger partial charge in [0.1, 0.15) is 5.75 Å². The number of benzene rings is 2. The molecule has 1 aromatic heterocycles. The van der Waals surface area contributed by atoms with Crippen LogP contribution in [0.1, 0.15) is 32.0 Å². The summed E-state index contributed by atoms with van der Waals surface area (Å²) in [5, 5.41) is 12.6. The summed E-state index contributed by atoms with van der Waals surface area (Å²) < 4.78 is 6.68. The van der Waals surface area contributed by atoms with E-state index in [1.807, 2.05) is 25.1 Å². The Hall–Kier alpha value is -2.90. The molecule has 3 rings (SSSR count). The normalized spacial score (nSPS) is 10.6. The van der Waals surface area contributed by atoms with Crippen LogP contribution in [0.4, 0.5) is 0 Å². The number of thiophene rings is 1. The molecule has 0 radical (unpaired) electrons. The Morgan fingerprint density at radius 2 is 1.85 bits per heavy atom. The van der Waals surface area contributed by atoms with Crippen LogP contribution in [0.5, 0.6) is 5.75 Å². The first-order chi connectivity index (χ1) is 13.1. The lowest BCUT2D eigenvalue weighted by Crippen LogP contribution is -2.24. The fourth-order valence-corrected chi connectivity index (χ4v) is 3.55. The Labute approximate surface area is 160 Å². The van der Waals surface area contributed by atoms with E-state index in [1.54, 1.807) is 29.7 Å². The first-order valence-corrected chi connectivity index (χ1v) is 9.34. The Balaban J connectivity index is 1.43. The van der Waals surface area contributed by atoms with Gasteiger partial charge < -0.3 is 10.1 Å². The molecule has 0 unspecified atom stereocenters. The van der Waals surface area contributed by atoms with Gasteiger partial charge in [-0.25, -0.2) is 5.48 Å². The Kier molecular flexibility index (Phi) is 6.05. The zero-order valence-electron chi connectivity index (χ0n) is 14.8. The van der Waals surface area contributed by atoms with E-state index in [4.69, 9.17) is 9.94 Å². The molecular formula is C20H20N2O4S. The van der Waals surface area contributed by atoms with Crippen LogP contribution >= 0.6 is 11.3 Å². The minimum absolute atomic E-state index is 0.0757. The highest BCUT2D eigenvalue weighted by Crippen LogP contribution is 2.26. The van der Waals surface area contributed by atoms with Crippen LogP contribution in [0.25, 0.3) is 10.1 Å². The number of hydroxylamine groups is 1. The summed E-state index contributed by atoms with van der Waals surface area (Å²) in [4.78, 5) is 24.2. The summed E-state index contributed by atoms with van der Waals surface area (Å²) in [5.41, 5.74) is 3.10. The maximum absolute atomic E-state index is 12.3. The molecule has 0 aliphatic carbocycles. The summed E-state index contributed by atoms with van der Waals surface area (Å²) in [6, 6.07) is 14.5. The van der Waals surface area contributed by atoms with Crippen LogP contribution in [-0.2, 0) is 0 Å². The third-order valence-corrected chi connectivity index (χ3v) is 5.10. The van der Waals surface area contributed by atoms with Crippen molar-refractivity contribution in [1.29, 1.82) is 0 Å². The van der Waals surface area contributed by atoms with E-state index < -0.39 is 5.91 Å². The molecule has 0 saturated heterocycles. The van der Waals surface area contributed by atoms with Crippen molar-refractivity contribution in [2.45, 2.75) is 13.3 Å². The summed E-state index contributed by atoms with van der Waals surface area (Å²) in [6.07, 6.45) is 0.661. The number of amides is 2. The first kappa shape index (κ1) is 18.9. The van der Waals surface area contributed by atoms with Crippen molar-refractivity contribution in [1.82, 2.24) is 10.8 Å². The Morgan fingerprint density at radius 3 is 2.59 bits per heavy atom. The molecule has 27 heavy (non-hydrogen) atoms. The van der Waals surface area contributed by atoms with Crippen LogP contribution in [0.2, 0.25) is 0 Å². The average molecular weight is 384 g/mol. The number of nitrogens with one attached hydrogen (secondary N) is 2. The molecule has 2 amide bonds. The van der Waals surface area contributed by atoms with Crippen LogP contribution in [0.3, 0.4) is 0 Å². The van der Waals surface area contributed by atoms with Crippen LogP contribution in [0, 0.1) is 6.92 Å². The smallest absolute Gasteiger partial charge is 0.274 e. The molecule has 1 heterocycles. The van der Waals surface area contributed by atoms with Gasteiger partial charge in [0, 0.05) is 16.8 Å². The number of hydrogen-bond acceptors (Lipinski definition) is 5. The van der Waals surface area contributed by atoms with E-state index in [-0.39, 0.29) is 5.91 Å². The number of rotatable bonds is 7. The van der Waals surface area contributed by atoms with Gasteiger partial charge in [-0.3, -0.25) is 14.8 Å². The maximum atomic E-state index is 12.3. The van der Waals surface area contributed by atoms with Crippen molar-refractivity contribution in [2.24, 2.45) is 0 Å². The minimum Gasteiger partial charge on any atom is -0.494 e. The lowest BCUT2D eigenvalue weighted by atomic mass is 10.2. The standard InChI is InChI=1S/C20H20N2O4S/c1-13-3-8-17-15(11-13)12-18(27-17)20(24)21-9-2-10-26-16-6-4-14(5-7-16)19(23)22-25/h3-8,11-12,25H,2,9-10H2,1H3,(H,21,24)(H,22,23). The van der Waals surface area contributed by atoms with E-state index in [2.05, 4.69) is 11.4 Å². The van der Waals surface area contributed by atoms with Crippen molar-refractivity contribution in [3.8, 4) is 5.75 Å². The second-order valence-electron chi connectivity index (χ2n) is 6.08. The Morgan fingerprint density at radius 1 is 1.07 bits per heavy atom. The number of aryl methyl sites for hydroxylation is 1. The fourth-order valence-electron chi connectivity index (χ4n) is 2.59. The number of carbonyl (C=O) groups is 2. The van der Waals surface area contributed by atoms with Crippen molar-refractivity contribution >= 4 is 33.2 Å². The van der Waals surface area contributed by atoms with Crippen LogP contribution in [0.15, 0.2) is 48.5 Å². The molecule has 6 nitrogen and oxygen atoms in total. The number of ether oxygens (including phenoxy) is 1. The van der Waals surface area contributed by atoms with Crippen molar-refractivity contribution < 1.29 is 19.5 Å². The monoisotopic (exact) mass is 384 g/mol. The molecule has 0 spiro atoms. The second kappa shape index (κ2) is 8.66. The largest absolute Gasteiger partial charge is 0.494 e. The number of carbonyl (C=O) groups excluding carboxylic acids is 2. The van der Waals surface area contributed by atoms with Gasteiger partial charge in [-0.2, -0.15) is 0 Å². The van der Waals surface area contributed by atoms with Gasteiger partial charge in [0.15, 0.2) is 0 Å². The van der Waals surface area contributed by atoms with Gasteiger partial charge in [-0.15, -0.1) is 11.3 Å². The molecule has 3 N–H and O–H groups in total. The Bertz CT molecular complexity index is 950. The highest BCUT2D eigenvalue weighted by Gasteiger charge is 2.10. The third kappa shape index (κ3) is 4.84. The topological polar surface area (TPSA) is 87.7 Å². The molecule has 0 aliphatic rings. The zero-order valence-corrected chi connectivity index (χ0v) is 15.6. The summed E-state index contributed by atoms with van der Waals surface area (Å²) >= 11 is 1.49. The molecule has 0 bridgehead atoms. The molecule has 140 valence electrons. The van der Waals surface area contributed by atoms with Crippen LogP contribution < -0.4 is 15.5 Å². The van der Waals surface area contributed by atoms with E-state index in [0.29, 0.717) is 35.8 Å². The number of hydrogen-bond donors (Lipinski definition) is 3. The lowest BCUT2D eigenvalue weighted by Gasteiger charge is -2.07. The van der Waals surface area contributed by atoms with Crippen LogP contribution in [-0.4, -0.2) is 30.2 Å². The van der Waals surface area contributed by atoms with E-state index in [0.717, 1.165) is 10.1 Å². The van der Waals surface area contributed by atoms with E-state index in [1.165, 1.54) is 16.9 Å². The molecule has 7 heteroatoms. The predicted octanol–water partition coefficient (Wildman–Crippen LogP) is 3.53. The predicted molar refractivity (Wildman–Crippen MR) is 105 cm³/mol. The van der Waals surface area contributed by atoms with E-state index >= 15 is 0 Å².